The third-order valence-electron chi connectivity index (χ3n) is 2.23. The van der Waals surface area contributed by atoms with Crippen molar-refractivity contribution in [1.29, 1.82) is 0 Å². The Morgan fingerprint density at radius 3 is 2.50 bits per heavy atom. The number of hydrogen-bond acceptors (Lipinski definition) is 3. The molecule has 0 saturated carbocycles. The second kappa shape index (κ2) is 5.40. The highest BCUT2D eigenvalue weighted by Gasteiger charge is 2.31. The first-order valence-corrected chi connectivity index (χ1v) is 6.63. The summed E-state index contributed by atoms with van der Waals surface area (Å²) in [6, 6.07) is 5.75. The maximum absolute atomic E-state index is 12.0. The standard InChI is InChI=1S/C11H9ClF3NOS/c12-5-8-6-18-10(16-8)7-1-3-9(4-2-7)17-11(13,14)15/h1-4,8H,5-6H2. The maximum atomic E-state index is 12.0. The van der Waals surface area contributed by atoms with Crippen LogP contribution in [0.15, 0.2) is 29.3 Å². The molecule has 1 aliphatic rings. The smallest absolute Gasteiger partial charge is 0.406 e. The topological polar surface area (TPSA) is 21.6 Å². The highest BCUT2D eigenvalue weighted by molar-refractivity contribution is 8.14. The average Bonchev–Trinajstić information content (AvgIpc) is 2.76. The summed E-state index contributed by atoms with van der Waals surface area (Å²) in [6.45, 7) is 0. The van der Waals surface area contributed by atoms with Crippen LogP contribution in [0.1, 0.15) is 5.56 Å². The summed E-state index contributed by atoms with van der Waals surface area (Å²) in [5.41, 5.74) is 0.780. The van der Waals surface area contributed by atoms with Gasteiger partial charge in [0, 0.05) is 17.2 Å². The third kappa shape index (κ3) is 3.55. The highest BCUT2D eigenvalue weighted by Crippen LogP contribution is 2.27. The molecule has 0 radical (unpaired) electrons. The Labute approximate surface area is 111 Å². The van der Waals surface area contributed by atoms with Gasteiger partial charge in [-0.1, -0.05) is 0 Å². The van der Waals surface area contributed by atoms with Crippen molar-refractivity contribution in [3.8, 4) is 5.75 Å². The van der Waals surface area contributed by atoms with Crippen molar-refractivity contribution in [2.24, 2.45) is 4.99 Å². The zero-order chi connectivity index (χ0) is 13.2. The van der Waals surface area contributed by atoms with Crippen molar-refractivity contribution in [2.75, 3.05) is 11.6 Å². The molecule has 1 atom stereocenters. The number of rotatable bonds is 3. The van der Waals surface area contributed by atoms with Gasteiger partial charge in [-0.25, -0.2) is 0 Å². The molecule has 98 valence electrons. The summed E-state index contributed by atoms with van der Waals surface area (Å²) in [5.74, 6) is 1.02. The molecular weight excluding hydrogens is 287 g/mol. The molecule has 1 aliphatic heterocycles. The summed E-state index contributed by atoms with van der Waals surface area (Å²) in [7, 11) is 0. The molecule has 2 rings (SSSR count). The predicted octanol–water partition coefficient (Wildman–Crippen LogP) is 3.69. The highest BCUT2D eigenvalue weighted by atomic mass is 35.5. The molecule has 0 aliphatic carbocycles. The summed E-state index contributed by atoms with van der Waals surface area (Å²) in [5, 5.41) is 0.805. The minimum Gasteiger partial charge on any atom is -0.406 e. The van der Waals surface area contributed by atoms with Gasteiger partial charge in [0.25, 0.3) is 0 Å². The molecule has 2 nitrogen and oxygen atoms in total. The van der Waals surface area contributed by atoms with Gasteiger partial charge in [-0.05, 0) is 24.3 Å². The van der Waals surface area contributed by atoms with Crippen molar-refractivity contribution in [3.05, 3.63) is 29.8 Å². The molecule has 7 heteroatoms. The molecule has 0 spiro atoms. The van der Waals surface area contributed by atoms with Gasteiger partial charge >= 0.3 is 6.36 Å². The van der Waals surface area contributed by atoms with Crippen molar-refractivity contribution >= 4 is 28.4 Å². The van der Waals surface area contributed by atoms with Crippen molar-refractivity contribution in [1.82, 2.24) is 0 Å². The van der Waals surface area contributed by atoms with Crippen LogP contribution in [-0.2, 0) is 0 Å². The van der Waals surface area contributed by atoms with E-state index < -0.39 is 6.36 Å². The second-order valence-corrected chi connectivity index (χ2v) is 4.94. The monoisotopic (exact) mass is 295 g/mol. The summed E-state index contributed by atoms with van der Waals surface area (Å²) in [4.78, 5) is 4.37. The minimum absolute atomic E-state index is 0.0813. The molecule has 1 aromatic rings. The van der Waals surface area contributed by atoms with E-state index in [-0.39, 0.29) is 11.8 Å². The number of halogens is 4. The van der Waals surface area contributed by atoms with E-state index in [1.807, 2.05) is 0 Å². The lowest BCUT2D eigenvalue weighted by atomic mass is 10.2. The lowest BCUT2D eigenvalue weighted by molar-refractivity contribution is -0.274. The molecule has 1 unspecified atom stereocenters. The van der Waals surface area contributed by atoms with E-state index in [2.05, 4.69) is 9.73 Å². The van der Waals surface area contributed by atoms with Gasteiger partial charge in [0.1, 0.15) is 5.75 Å². The van der Waals surface area contributed by atoms with E-state index in [1.54, 1.807) is 23.9 Å². The third-order valence-corrected chi connectivity index (χ3v) is 3.75. The van der Waals surface area contributed by atoms with Crippen LogP contribution < -0.4 is 4.74 Å². The lowest BCUT2D eigenvalue weighted by Gasteiger charge is -2.09. The first-order valence-electron chi connectivity index (χ1n) is 5.10. The van der Waals surface area contributed by atoms with E-state index >= 15 is 0 Å². The van der Waals surface area contributed by atoms with Gasteiger partial charge in [-0.2, -0.15) is 0 Å². The number of ether oxygens (including phenoxy) is 1. The van der Waals surface area contributed by atoms with Crippen LogP contribution in [0.3, 0.4) is 0 Å². The molecule has 0 fully saturated rings. The number of nitrogens with zero attached hydrogens (tertiary/aromatic N) is 1. The van der Waals surface area contributed by atoms with Gasteiger partial charge < -0.3 is 4.74 Å². The van der Waals surface area contributed by atoms with E-state index in [4.69, 9.17) is 11.6 Å². The minimum atomic E-state index is -4.66. The molecule has 0 amide bonds. The van der Waals surface area contributed by atoms with Crippen molar-refractivity contribution < 1.29 is 17.9 Å². The van der Waals surface area contributed by atoms with Crippen LogP contribution in [0.5, 0.6) is 5.75 Å². The Morgan fingerprint density at radius 1 is 1.33 bits per heavy atom. The van der Waals surface area contributed by atoms with Crippen LogP contribution in [0.2, 0.25) is 0 Å². The Kier molecular flexibility index (Phi) is 4.07. The van der Waals surface area contributed by atoms with E-state index in [1.165, 1.54) is 12.1 Å². The van der Waals surface area contributed by atoms with Crippen LogP contribution in [0.25, 0.3) is 0 Å². The quantitative estimate of drug-likeness (QED) is 0.793. The number of aliphatic imine (C=N–C) groups is 1. The summed E-state index contributed by atoms with van der Waals surface area (Å²) in [6.07, 6.45) is -4.66. The largest absolute Gasteiger partial charge is 0.573 e. The zero-order valence-electron chi connectivity index (χ0n) is 9.08. The van der Waals surface area contributed by atoms with Gasteiger partial charge in [0.2, 0.25) is 0 Å². The molecule has 1 aromatic carbocycles. The van der Waals surface area contributed by atoms with E-state index in [0.29, 0.717) is 5.88 Å². The van der Waals surface area contributed by atoms with Gasteiger partial charge in [0.05, 0.1) is 11.1 Å². The van der Waals surface area contributed by atoms with Gasteiger partial charge in [-0.15, -0.1) is 36.5 Å². The first kappa shape index (κ1) is 13.5. The SMILES string of the molecule is FC(F)(F)Oc1ccc(C2=NC(CCl)CS2)cc1. The Morgan fingerprint density at radius 2 is 2.00 bits per heavy atom. The molecule has 1 heterocycles. The number of benzene rings is 1. The van der Waals surface area contributed by atoms with Gasteiger partial charge in [-0.3, -0.25) is 4.99 Å². The fourth-order valence-electron chi connectivity index (χ4n) is 1.45. The first-order chi connectivity index (χ1) is 8.48. The van der Waals surface area contributed by atoms with Gasteiger partial charge in [0.15, 0.2) is 0 Å². The van der Waals surface area contributed by atoms with E-state index in [9.17, 15) is 13.2 Å². The normalized spacial score (nSPS) is 19.8. The number of hydrogen-bond donors (Lipinski definition) is 0. The molecule has 0 N–H and O–H groups in total. The molecular formula is C11H9ClF3NOS. The number of thioether (sulfide) groups is 1. The molecule has 0 saturated heterocycles. The van der Waals surface area contributed by atoms with Crippen molar-refractivity contribution in [2.45, 2.75) is 12.4 Å². The van der Waals surface area contributed by atoms with Crippen LogP contribution in [0, 0.1) is 0 Å². The Hall–Kier alpha value is -0.880. The average molecular weight is 296 g/mol. The summed E-state index contributed by atoms with van der Waals surface area (Å²) >= 11 is 7.24. The predicted molar refractivity (Wildman–Crippen MR) is 66.6 cm³/mol. The fraction of sp³-hybridized carbons (Fsp3) is 0.364. The molecule has 0 bridgehead atoms. The Balaban J connectivity index is 2.09. The van der Waals surface area contributed by atoms with Crippen molar-refractivity contribution in [3.63, 3.8) is 0 Å². The summed E-state index contributed by atoms with van der Waals surface area (Å²) < 4.78 is 39.7. The number of alkyl halides is 4. The maximum Gasteiger partial charge on any atom is 0.573 e. The Bertz CT molecular complexity index is 447. The second-order valence-electron chi connectivity index (χ2n) is 3.63. The van der Waals surface area contributed by atoms with Crippen LogP contribution >= 0.6 is 23.4 Å². The zero-order valence-corrected chi connectivity index (χ0v) is 10.6. The van der Waals surface area contributed by atoms with Crippen LogP contribution in [-0.4, -0.2) is 29.1 Å². The van der Waals surface area contributed by atoms with E-state index in [0.717, 1.165) is 16.4 Å². The lowest BCUT2D eigenvalue weighted by Crippen LogP contribution is -2.17. The molecule has 18 heavy (non-hydrogen) atoms. The fourth-order valence-corrected chi connectivity index (χ4v) is 2.83. The van der Waals surface area contributed by atoms with Crippen LogP contribution in [0.4, 0.5) is 13.2 Å². The molecule has 0 aromatic heterocycles.